The van der Waals surface area contributed by atoms with Crippen molar-refractivity contribution in [2.45, 2.75) is 25.3 Å². The number of aliphatic hydroxyl groups excluding tert-OH is 1. The molecule has 1 fully saturated rings. The van der Waals surface area contributed by atoms with Crippen LogP contribution in [0.2, 0.25) is 5.15 Å². The van der Waals surface area contributed by atoms with Crippen LogP contribution in [0.5, 0.6) is 0 Å². The van der Waals surface area contributed by atoms with E-state index in [-0.39, 0.29) is 24.5 Å². The van der Waals surface area contributed by atoms with Crippen LogP contribution in [0.15, 0.2) is 18.3 Å². The Morgan fingerprint density at radius 3 is 3.12 bits per heavy atom. The van der Waals surface area contributed by atoms with Crippen molar-refractivity contribution in [3.8, 4) is 0 Å². The fourth-order valence-corrected chi connectivity index (χ4v) is 2.41. The molecule has 0 bridgehead atoms. The number of carbonyl (C=O) groups excluding carboxylic acids is 1. The number of halogens is 1. The highest BCUT2D eigenvalue weighted by Gasteiger charge is 2.28. The van der Waals surface area contributed by atoms with Gasteiger partial charge in [0.2, 0.25) is 0 Å². The predicted octanol–water partition coefficient (Wildman–Crippen LogP) is 1.63. The van der Waals surface area contributed by atoms with Gasteiger partial charge < -0.3 is 10.4 Å². The number of nitrogens with zero attached hydrogens (tertiary/aromatic N) is 1. The molecule has 92 valence electrons. The van der Waals surface area contributed by atoms with Crippen LogP contribution >= 0.6 is 11.6 Å². The largest absolute Gasteiger partial charge is 0.396 e. The lowest BCUT2D eigenvalue weighted by atomic mass is 10.0. The quantitative estimate of drug-likeness (QED) is 0.806. The molecule has 2 N–H and O–H groups in total. The first-order valence-corrected chi connectivity index (χ1v) is 6.12. The summed E-state index contributed by atoms with van der Waals surface area (Å²) in [6, 6.07) is 3.24. The van der Waals surface area contributed by atoms with E-state index in [0.29, 0.717) is 10.7 Å². The molecule has 1 aromatic heterocycles. The number of rotatable bonds is 3. The van der Waals surface area contributed by atoms with Crippen LogP contribution in [0.1, 0.15) is 29.6 Å². The molecule has 5 heteroatoms. The van der Waals surface area contributed by atoms with E-state index >= 15 is 0 Å². The Balaban J connectivity index is 2.01. The third-order valence-electron chi connectivity index (χ3n) is 3.20. The second kappa shape index (κ2) is 5.47. The summed E-state index contributed by atoms with van der Waals surface area (Å²) >= 11 is 5.73. The van der Waals surface area contributed by atoms with Crippen LogP contribution in [0.25, 0.3) is 0 Å². The lowest BCUT2D eigenvalue weighted by Gasteiger charge is -2.18. The molecule has 1 aliphatic carbocycles. The van der Waals surface area contributed by atoms with E-state index in [1.165, 1.54) is 6.20 Å². The molecule has 2 unspecified atom stereocenters. The van der Waals surface area contributed by atoms with Crippen LogP contribution in [0.3, 0.4) is 0 Å². The summed E-state index contributed by atoms with van der Waals surface area (Å²) in [7, 11) is 0. The molecule has 1 saturated carbocycles. The Bertz CT molecular complexity index is 411. The van der Waals surface area contributed by atoms with Crippen LogP contribution in [-0.4, -0.2) is 28.6 Å². The standard InChI is InChI=1S/C12H15ClN2O2/c13-11-6-8(4-5-14-11)12(17)15-10-3-1-2-9(10)7-16/h4-6,9-10,16H,1-3,7H2,(H,15,17). The Hall–Kier alpha value is -1.13. The molecule has 1 aliphatic rings. The van der Waals surface area contributed by atoms with Crippen molar-refractivity contribution in [1.82, 2.24) is 10.3 Å². The van der Waals surface area contributed by atoms with E-state index in [4.69, 9.17) is 11.6 Å². The molecule has 2 rings (SSSR count). The third-order valence-corrected chi connectivity index (χ3v) is 3.41. The molecule has 4 nitrogen and oxygen atoms in total. The van der Waals surface area contributed by atoms with Crippen molar-refractivity contribution in [2.24, 2.45) is 5.92 Å². The van der Waals surface area contributed by atoms with E-state index in [1.54, 1.807) is 12.1 Å². The minimum Gasteiger partial charge on any atom is -0.396 e. The average Bonchev–Trinajstić information content (AvgIpc) is 2.76. The van der Waals surface area contributed by atoms with Crippen molar-refractivity contribution in [1.29, 1.82) is 0 Å². The van der Waals surface area contributed by atoms with Gasteiger partial charge in [0.15, 0.2) is 0 Å². The Morgan fingerprint density at radius 2 is 2.41 bits per heavy atom. The smallest absolute Gasteiger partial charge is 0.251 e. The predicted molar refractivity (Wildman–Crippen MR) is 64.9 cm³/mol. The minimum absolute atomic E-state index is 0.0689. The minimum atomic E-state index is -0.153. The molecule has 0 saturated heterocycles. The maximum absolute atomic E-state index is 11.9. The van der Waals surface area contributed by atoms with Gasteiger partial charge in [-0.2, -0.15) is 0 Å². The van der Waals surface area contributed by atoms with E-state index in [1.807, 2.05) is 0 Å². The Labute approximate surface area is 105 Å². The van der Waals surface area contributed by atoms with Crippen LogP contribution < -0.4 is 5.32 Å². The Morgan fingerprint density at radius 1 is 1.59 bits per heavy atom. The highest BCUT2D eigenvalue weighted by Crippen LogP contribution is 2.25. The zero-order valence-electron chi connectivity index (χ0n) is 9.40. The molecular formula is C12H15ClN2O2. The number of hydrogen-bond donors (Lipinski definition) is 2. The molecule has 0 radical (unpaired) electrons. The van der Waals surface area contributed by atoms with Crippen molar-refractivity contribution >= 4 is 17.5 Å². The zero-order chi connectivity index (χ0) is 12.3. The average molecular weight is 255 g/mol. The highest BCUT2D eigenvalue weighted by atomic mass is 35.5. The fourth-order valence-electron chi connectivity index (χ4n) is 2.24. The number of hydrogen-bond acceptors (Lipinski definition) is 3. The summed E-state index contributed by atoms with van der Waals surface area (Å²) in [4.78, 5) is 15.8. The number of carbonyl (C=O) groups is 1. The van der Waals surface area contributed by atoms with Gasteiger partial charge in [-0.3, -0.25) is 4.79 Å². The fraction of sp³-hybridized carbons (Fsp3) is 0.500. The van der Waals surface area contributed by atoms with Gasteiger partial charge in [0.25, 0.3) is 5.91 Å². The van der Waals surface area contributed by atoms with E-state index < -0.39 is 0 Å². The SMILES string of the molecule is O=C(NC1CCCC1CO)c1ccnc(Cl)c1. The molecule has 2 atom stereocenters. The summed E-state index contributed by atoms with van der Waals surface area (Å²) < 4.78 is 0. The maximum atomic E-state index is 11.9. The molecule has 0 aromatic carbocycles. The van der Waals surface area contributed by atoms with Crippen LogP contribution in [0, 0.1) is 5.92 Å². The monoisotopic (exact) mass is 254 g/mol. The van der Waals surface area contributed by atoms with E-state index in [9.17, 15) is 9.90 Å². The van der Waals surface area contributed by atoms with Gasteiger partial charge in [0, 0.05) is 30.3 Å². The highest BCUT2D eigenvalue weighted by molar-refractivity contribution is 6.29. The van der Waals surface area contributed by atoms with E-state index in [0.717, 1.165) is 19.3 Å². The first-order valence-electron chi connectivity index (χ1n) is 5.74. The van der Waals surface area contributed by atoms with Gasteiger partial charge in [-0.05, 0) is 25.0 Å². The van der Waals surface area contributed by atoms with Gasteiger partial charge >= 0.3 is 0 Å². The Kier molecular flexibility index (Phi) is 3.97. The molecule has 1 aromatic rings. The summed E-state index contributed by atoms with van der Waals surface area (Å²) in [6.07, 6.45) is 4.46. The normalized spacial score (nSPS) is 23.6. The van der Waals surface area contributed by atoms with Gasteiger partial charge in [0.1, 0.15) is 5.15 Å². The molecule has 1 heterocycles. The number of aliphatic hydroxyl groups is 1. The number of pyridine rings is 1. The first-order chi connectivity index (χ1) is 8.20. The number of nitrogens with one attached hydrogen (secondary N) is 1. The summed E-state index contributed by atoms with van der Waals surface area (Å²) in [6.45, 7) is 0.127. The van der Waals surface area contributed by atoms with Gasteiger partial charge in [-0.25, -0.2) is 4.98 Å². The topological polar surface area (TPSA) is 62.2 Å². The lowest BCUT2D eigenvalue weighted by Crippen LogP contribution is -2.38. The van der Waals surface area contributed by atoms with Crippen molar-refractivity contribution < 1.29 is 9.90 Å². The second-order valence-electron chi connectivity index (χ2n) is 4.32. The zero-order valence-corrected chi connectivity index (χ0v) is 10.2. The molecule has 0 spiro atoms. The summed E-state index contributed by atoms with van der Waals surface area (Å²) in [5, 5.41) is 12.4. The molecule has 0 aliphatic heterocycles. The van der Waals surface area contributed by atoms with Gasteiger partial charge in [-0.15, -0.1) is 0 Å². The van der Waals surface area contributed by atoms with Crippen molar-refractivity contribution in [2.75, 3.05) is 6.61 Å². The summed E-state index contributed by atoms with van der Waals surface area (Å²) in [5.74, 6) is 0.0240. The van der Waals surface area contributed by atoms with Gasteiger partial charge in [-0.1, -0.05) is 18.0 Å². The molecular weight excluding hydrogens is 240 g/mol. The van der Waals surface area contributed by atoms with Crippen molar-refractivity contribution in [3.05, 3.63) is 29.0 Å². The number of amides is 1. The third kappa shape index (κ3) is 2.96. The van der Waals surface area contributed by atoms with Crippen LogP contribution in [0.4, 0.5) is 0 Å². The second-order valence-corrected chi connectivity index (χ2v) is 4.71. The van der Waals surface area contributed by atoms with E-state index in [2.05, 4.69) is 10.3 Å². The first kappa shape index (κ1) is 12.3. The van der Waals surface area contributed by atoms with Crippen molar-refractivity contribution in [3.63, 3.8) is 0 Å². The number of aromatic nitrogens is 1. The molecule has 17 heavy (non-hydrogen) atoms. The maximum Gasteiger partial charge on any atom is 0.251 e. The lowest BCUT2D eigenvalue weighted by molar-refractivity contribution is 0.0916. The van der Waals surface area contributed by atoms with Gasteiger partial charge in [0.05, 0.1) is 0 Å². The van der Waals surface area contributed by atoms with Crippen LogP contribution in [-0.2, 0) is 0 Å². The summed E-state index contributed by atoms with van der Waals surface area (Å²) in [5.41, 5.74) is 0.508. The molecule has 1 amide bonds.